The molecule has 70 heavy (non-hydrogen) atoms. The number of esters is 3. The molecule has 6 heteroatoms. The molecule has 394 valence electrons. The van der Waals surface area contributed by atoms with Crippen LogP contribution in [-0.2, 0) is 28.6 Å². The number of allylic oxidation sites excluding steroid dienone is 22. The van der Waals surface area contributed by atoms with E-state index in [9.17, 15) is 14.4 Å². The Balaban J connectivity index is 4.57. The van der Waals surface area contributed by atoms with E-state index < -0.39 is 6.10 Å². The lowest BCUT2D eigenvalue weighted by atomic mass is 10.1. The van der Waals surface area contributed by atoms with Crippen LogP contribution in [0.4, 0.5) is 0 Å². The summed E-state index contributed by atoms with van der Waals surface area (Å²) in [7, 11) is 0. The molecule has 0 heterocycles. The number of unbranched alkanes of at least 4 members (excludes halogenated alkanes) is 19. The van der Waals surface area contributed by atoms with Gasteiger partial charge in [0.1, 0.15) is 13.2 Å². The van der Waals surface area contributed by atoms with Gasteiger partial charge in [0.15, 0.2) is 6.10 Å². The normalized spacial score (nSPS) is 13.1. The second-order valence-corrected chi connectivity index (χ2v) is 18.2. The van der Waals surface area contributed by atoms with Gasteiger partial charge in [0.2, 0.25) is 0 Å². The highest BCUT2D eigenvalue weighted by atomic mass is 16.6. The van der Waals surface area contributed by atoms with Crippen LogP contribution in [0.15, 0.2) is 134 Å². The highest BCUT2D eigenvalue weighted by molar-refractivity contribution is 5.71. The Labute approximate surface area is 430 Å². The molecule has 0 aliphatic carbocycles. The quantitative estimate of drug-likeness (QED) is 0.0199. The van der Waals surface area contributed by atoms with Crippen LogP contribution in [0.3, 0.4) is 0 Å². The first-order chi connectivity index (χ1) is 34.5. The fraction of sp³-hybridized carbons (Fsp3) is 0.609. The van der Waals surface area contributed by atoms with Crippen molar-refractivity contribution < 1.29 is 28.6 Å². The Morgan fingerprint density at radius 2 is 0.657 bits per heavy atom. The number of hydrogen-bond donors (Lipinski definition) is 0. The first kappa shape index (κ1) is 65.5. The van der Waals surface area contributed by atoms with Gasteiger partial charge in [-0.2, -0.15) is 0 Å². The number of carbonyl (C=O) groups excluding carboxylic acids is 3. The van der Waals surface area contributed by atoms with Gasteiger partial charge in [0.25, 0.3) is 0 Å². The molecule has 0 aromatic heterocycles. The Kier molecular flexibility index (Phi) is 53.5. The maximum Gasteiger partial charge on any atom is 0.306 e. The molecule has 0 radical (unpaired) electrons. The third-order valence-corrected chi connectivity index (χ3v) is 11.5. The minimum atomic E-state index is -0.827. The van der Waals surface area contributed by atoms with Crippen molar-refractivity contribution in [3.05, 3.63) is 134 Å². The third kappa shape index (κ3) is 54.5. The van der Waals surface area contributed by atoms with E-state index in [1.54, 1.807) is 0 Å². The van der Waals surface area contributed by atoms with Crippen molar-refractivity contribution in [3.63, 3.8) is 0 Å². The highest BCUT2D eigenvalue weighted by Gasteiger charge is 2.19. The van der Waals surface area contributed by atoms with E-state index in [-0.39, 0.29) is 44.0 Å². The van der Waals surface area contributed by atoms with E-state index in [2.05, 4.69) is 142 Å². The second-order valence-electron chi connectivity index (χ2n) is 18.2. The summed E-state index contributed by atoms with van der Waals surface area (Å²) in [5.41, 5.74) is 0. The van der Waals surface area contributed by atoms with Crippen molar-refractivity contribution >= 4 is 17.9 Å². The fourth-order valence-electron chi connectivity index (χ4n) is 7.28. The summed E-state index contributed by atoms with van der Waals surface area (Å²) in [5, 5.41) is 0. The van der Waals surface area contributed by atoms with Crippen molar-refractivity contribution in [3.8, 4) is 0 Å². The highest BCUT2D eigenvalue weighted by Crippen LogP contribution is 2.13. The van der Waals surface area contributed by atoms with Crippen LogP contribution in [-0.4, -0.2) is 37.2 Å². The van der Waals surface area contributed by atoms with E-state index in [1.165, 1.54) is 77.0 Å². The van der Waals surface area contributed by atoms with Gasteiger partial charge in [-0.3, -0.25) is 14.4 Å². The maximum absolute atomic E-state index is 12.9. The van der Waals surface area contributed by atoms with Crippen molar-refractivity contribution in [2.45, 2.75) is 239 Å². The van der Waals surface area contributed by atoms with E-state index in [0.29, 0.717) is 12.8 Å². The van der Waals surface area contributed by atoms with E-state index in [1.807, 2.05) is 12.2 Å². The Bertz CT molecular complexity index is 1530. The molecule has 1 unspecified atom stereocenters. The lowest BCUT2D eigenvalue weighted by Crippen LogP contribution is -2.30. The predicted molar refractivity (Wildman–Crippen MR) is 302 cm³/mol. The average Bonchev–Trinajstić information content (AvgIpc) is 3.36. The van der Waals surface area contributed by atoms with Crippen LogP contribution in [0.25, 0.3) is 0 Å². The number of carbonyl (C=O) groups is 3. The molecular weight excluding hydrogens is 865 g/mol. The van der Waals surface area contributed by atoms with Crippen molar-refractivity contribution in [1.82, 2.24) is 0 Å². The van der Waals surface area contributed by atoms with Crippen molar-refractivity contribution in [2.24, 2.45) is 0 Å². The third-order valence-electron chi connectivity index (χ3n) is 11.5. The van der Waals surface area contributed by atoms with Crippen molar-refractivity contribution in [1.29, 1.82) is 0 Å². The predicted octanol–water partition coefficient (Wildman–Crippen LogP) is 19.0. The van der Waals surface area contributed by atoms with Crippen LogP contribution in [0.5, 0.6) is 0 Å². The summed E-state index contributed by atoms with van der Waals surface area (Å²) in [6, 6.07) is 0. The van der Waals surface area contributed by atoms with Crippen LogP contribution < -0.4 is 0 Å². The molecule has 0 spiro atoms. The largest absolute Gasteiger partial charge is 0.462 e. The topological polar surface area (TPSA) is 78.9 Å². The van der Waals surface area contributed by atoms with E-state index >= 15 is 0 Å². The van der Waals surface area contributed by atoms with Gasteiger partial charge in [0, 0.05) is 19.3 Å². The molecule has 0 fully saturated rings. The first-order valence-electron chi connectivity index (χ1n) is 28.2. The minimum absolute atomic E-state index is 0.119. The standard InChI is InChI=1S/C64H102O6/c1-4-7-10-13-16-19-22-25-28-30-32-34-36-39-42-45-48-51-54-57-63(66)69-60-61(59-68-62(65)56-53-50-47-44-41-38-35-27-24-21-18-15-12-9-6-3)70-64(67)58-55-52-49-46-43-40-37-33-31-29-26-23-20-17-14-11-8-5-2/h7,9-10,12,15-16,18-19,21,24-25,28-29,31-34,37,39,42,48,51,61H,4-6,8,11,13-14,17,20,22-23,26-27,30,35-36,38,40-41,43-47,49-50,52-60H2,1-3H3/b10-7-,12-9-,18-15-,19-16-,24-21-,28-25-,31-29-,34-32-,37-33-,42-39-,51-48-. The summed E-state index contributed by atoms with van der Waals surface area (Å²) >= 11 is 0. The van der Waals surface area contributed by atoms with Gasteiger partial charge in [-0.1, -0.05) is 244 Å². The fourth-order valence-corrected chi connectivity index (χ4v) is 7.28. The zero-order valence-electron chi connectivity index (χ0n) is 45.0. The first-order valence-corrected chi connectivity index (χ1v) is 28.2. The monoisotopic (exact) mass is 967 g/mol. The number of ether oxygens (including phenoxy) is 3. The maximum atomic E-state index is 12.9. The average molecular weight is 968 g/mol. The number of rotatable bonds is 49. The smallest absolute Gasteiger partial charge is 0.306 e. The van der Waals surface area contributed by atoms with Gasteiger partial charge in [-0.05, 0) is 103 Å². The summed E-state index contributed by atoms with van der Waals surface area (Å²) < 4.78 is 16.8. The molecule has 0 aliphatic rings. The van der Waals surface area contributed by atoms with Gasteiger partial charge in [-0.15, -0.1) is 0 Å². The SMILES string of the molecule is CC\C=C/C=C\C=C/CCCCCCCCCC(=O)OCC(COC(=O)CC/C=C\C/C=C\C/C=C\C/C=C\C/C=C\C/C=C\CC)OC(=O)CCCCCCC/C=C\C=C/CCCCCCCCC. The molecule has 0 rings (SSSR count). The lowest BCUT2D eigenvalue weighted by Gasteiger charge is -2.18. The van der Waals surface area contributed by atoms with Crippen molar-refractivity contribution in [2.75, 3.05) is 13.2 Å². The van der Waals surface area contributed by atoms with Gasteiger partial charge < -0.3 is 14.2 Å². The van der Waals surface area contributed by atoms with Gasteiger partial charge >= 0.3 is 17.9 Å². The molecule has 0 saturated carbocycles. The molecule has 0 aliphatic heterocycles. The van der Waals surface area contributed by atoms with Crippen LogP contribution in [0, 0.1) is 0 Å². The summed E-state index contributed by atoms with van der Waals surface area (Å²) in [6.07, 6.45) is 80.2. The van der Waals surface area contributed by atoms with Crippen LogP contribution >= 0.6 is 0 Å². The molecule has 6 nitrogen and oxygen atoms in total. The Morgan fingerprint density at radius 3 is 1.10 bits per heavy atom. The Morgan fingerprint density at radius 1 is 0.314 bits per heavy atom. The molecule has 0 aromatic rings. The zero-order chi connectivity index (χ0) is 50.7. The molecule has 0 N–H and O–H groups in total. The molecule has 0 amide bonds. The number of hydrogen-bond acceptors (Lipinski definition) is 6. The summed E-state index contributed by atoms with van der Waals surface area (Å²) in [5.74, 6) is -1.04. The molecular formula is C64H102O6. The lowest BCUT2D eigenvalue weighted by molar-refractivity contribution is -0.166. The summed E-state index contributed by atoms with van der Waals surface area (Å²) in [6.45, 7) is 6.29. The zero-order valence-corrected chi connectivity index (χ0v) is 45.0. The van der Waals surface area contributed by atoms with E-state index in [0.717, 1.165) is 109 Å². The second kappa shape index (κ2) is 57.1. The minimum Gasteiger partial charge on any atom is -0.462 e. The van der Waals surface area contributed by atoms with E-state index in [4.69, 9.17) is 14.2 Å². The summed E-state index contributed by atoms with van der Waals surface area (Å²) in [4.78, 5) is 38.1. The molecule has 0 bridgehead atoms. The van der Waals surface area contributed by atoms with Gasteiger partial charge in [0.05, 0.1) is 0 Å². The Hall–Kier alpha value is -4.45. The molecule has 0 aromatic carbocycles. The van der Waals surface area contributed by atoms with Crippen LogP contribution in [0.2, 0.25) is 0 Å². The van der Waals surface area contributed by atoms with Gasteiger partial charge in [-0.25, -0.2) is 0 Å². The molecule has 1 atom stereocenters. The van der Waals surface area contributed by atoms with Crippen LogP contribution in [0.1, 0.15) is 233 Å². The molecule has 0 saturated heterocycles.